The van der Waals surface area contributed by atoms with Crippen LogP contribution in [-0.4, -0.2) is 40.3 Å². The van der Waals surface area contributed by atoms with E-state index in [-0.39, 0.29) is 16.5 Å². The first-order valence-electron chi connectivity index (χ1n) is 9.99. The van der Waals surface area contributed by atoms with E-state index < -0.39 is 11.7 Å². The largest absolute Gasteiger partial charge is 0.366 e. The molecule has 0 atom stereocenters. The molecule has 1 aromatic heterocycles. The van der Waals surface area contributed by atoms with E-state index in [1.54, 1.807) is 6.07 Å². The summed E-state index contributed by atoms with van der Waals surface area (Å²) < 4.78 is 13.9. The summed E-state index contributed by atoms with van der Waals surface area (Å²) in [6.45, 7) is 4.30. The van der Waals surface area contributed by atoms with Gasteiger partial charge in [-0.2, -0.15) is 5.10 Å². The molecule has 31 heavy (non-hydrogen) atoms. The standard InChI is InChI=1S/C21H24FN7O2/c1-21(4-6-29(7-5-21)11-13-2-3-17(30)28-27-13)15(10-23)20-25-16-9-12(22)8-14(19(24)31)18(16)26-20/h2-3,8-10,23,25-26H,4-7,11H2,1H3,(H2,24,31)(H,28,30)/b20-15+,23-10?. The number of aromatic nitrogens is 2. The number of carbonyl (C=O) groups is 1. The molecular weight excluding hydrogens is 401 g/mol. The van der Waals surface area contributed by atoms with Gasteiger partial charge in [0.15, 0.2) is 0 Å². The van der Waals surface area contributed by atoms with Crippen LogP contribution in [0.5, 0.6) is 0 Å². The zero-order valence-electron chi connectivity index (χ0n) is 17.1. The van der Waals surface area contributed by atoms with Crippen LogP contribution in [0.25, 0.3) is 0 Å². The smallest absolute Gasteiger partial charge is 0.264 e. The summed E-state index contributed by atoms with van der Waals surface area (Å²) in [5.74, 6) is -0.718. The number of benzene rings is 1. The van der Waals surface area contributed by atoms with Gasteiger partial charge in [0.2, 0.25) is 0 Å². The molecule has 0 bridgehead atoms. The summed E-state index contributed by atoms with van der Waals surface area (Å²) in [6, 6.07) is 5.59. The van der Waals surface area contributed by atoms with E-state index in [0.717, 1.165) is 43.3 Å². The number of fused-ring (bicyclic) bond motifs is 1. The van der Waals surface area contributed by atoms with Gasteiger partial charge in [0.25, 0.3) is 11.5 Å². The third-order valence-corrected chi connectivity index (χ3v) is 6.02. The Hall–Kier alpha value is -3.53. The molecule has 0 unspecified atom stereocenters. The zero-order valence-corrected chi connectivity index (χ0v) is 17.1. The number of anilines is 2. The summed E-state index contributed by atoms with van der Waals surface area (Å²) in [7, 11) is 0. The number of nitrogens with two attached hydrogens (primary N) is 1. The fourth-order valence-corrected chi connectivity index (χ4v) is 4.17. The van der Waals surface area contributed by atoms with Crippen molar-refractivity contribution in [3.8, 4) is 0 Å². The van der Waals surface area contributed by atoms with Gasteiger partial charge in [0, 0.05) is 24.4 Å². The van der Waals surface area contributed by atoms with Crippen molar-refractivity contribution in [1.29, 1.82) is 5.41 Å². The minimum atomic E-state index is -0.724. The monoisotopic (exact) mass is 425 g/mol. The second-order valence-corrected chi connectivity index (χ2v) is 8.17. The van der Waals surface area contributed by atoms with Crippen LogP contribution in [0.1, 0.15) is 35.8 Å². The van der Waals surface area contributed by atoms with E-state index in [9.17, 15) is 14.0 Å². The summed E-state index contributed by atoms with van der Waals surface area (Å²) >= 11 is 0. The van der Waals surface area contributed by atoms with E-state index in [1.165, 1.54) is 18.3 Å². The number of primary amides is 1. The summed E-state index contributed by atoms with van der Waals surface area (Å²) in [4.78, 5) is 25.1. The Kier molecular flexibility index (Phi) is 5.32. The van der Waals surface area contributed by atoms with Crippen LogP contribution in [0.3, 0.4) is 0 Å². The molecule has 0 saturated carbocycles. The van der Waals surface area contributed by atoms with Gasteiger partial charge in [-0.1, -0.05) is 6.92 Å². The zero-order chi connectivity index (χ0) is 22.2. The molecule has 0 aliphatic carbocycles. The number of nitrogens with zero attached hydrogens (tertiary/aromatic N) is 2. The Balaban J connectivity index is 1.53. The predicted octanol–water partition coefficient (Wildman–Crippen LogP) is 2.01. The Morgan fingerprint density at radius 1 is 1.32 bits per heavy atom. The fourth-order valence-electron chi connectivity index (χ4n) is 4.17. The Bertz CT molecular complexity index is 1110. The molecule has 9 nitrogen and oxygen atoms in total. The van der Waals surface area contributed by atoms with Crippen LogP contribution in [0.2, 0.25) is 0 Å². The topological polar surface area (TPSA) is 140 Å². The van der Waals surface area contributed by atoms with Gasteiger partial charge >= 0.3 is 0 Å². The molecular formula is C21H24FN7O2. The number of allylic oxidation sites excluding steroid dienone is 1. The first kappa shape index (κ1) is 20.7. The normalized spacial score (nSPS) is 19.2. The minimum Gasteiger partial charge on any atom is -0.366 e. The van der Waals surface area contributed by atoms with Gasteiger partial charge in [-0.05, 0) is 49.5 Å². The summed E-state index contributed by atoms with van der Waals surface area (Å²) in [6.07, 6.45) is 2.89. The predicted molar refractivity (Wildman–Crippen MR) is 115 cm³/mol. The molecule has 2 aliphatic rings. The number of halogens is 1. The van der Waals surface area contributed by atoms with Crippen molar-refractivity contribution in [2.45, 2.75) is 26.3 Å². The van der Waals surface area contributed by atoms with Gasteiger partial charge in [-0.15, -0.1) is 0 Å². The molecule has 2 aromatic rings. The first-order chi connectivity index (χ1) is 14.8. The van der Waals surface area contributed by atoms with Gasteiger partial charge in [-0.3, -0.25) is 14.5 Å². The van der Waals surface area contributed by atoms with Crippen molar-refractivity contribution in [3.63, 3.8) is 0 Å². The highest BCUT2D eigenvalue weighted by atomic mass is 19.1. The molecule has 3 heterocycles. The third kappa shape index (κ3) is 4.06. The van der Waals surface area contributed by atoms with Crippen LogP contribution in [0.4, 0.5) is 15.8 Å². The molecule has 162 valence electrons. The Morgan fingerprint density at radius 3 is 2.68 bits per heavy atom. The molecule has 2 aliphatic heterocycles. The van der Waals surface area contributed by atoms with Crippen LogP contribution in [-0.2, 0) is 6.54 Å². The number of amides is 1. The van der Waals surface area contributed by atoms with Crippen molar-refractivity contribution >= 4 is 23.5 Å². The van der Waals surface area contributed by atoms with Crippen molar-refractivity contribution in [2.75, 3.05) is 23.7 Å². The van der Waals surface area contributed by atoms with Crippen molar-refractivity contribution < 1.29 is 9.18 Å². The maximum atomic E-state index is 13.9. The third-order valence-electron chi connectivity index (χ3n) is 6.02. The minimum absolute atomic E-state index is 0.0650. The molecule has 0 spiro atoms. The van der Waals surface area contributed by atoms with Crippen molar-refractivity contribution in [3.05, 3.63) is 63.1 Å². The van der Waals surface area contributed by atoms with Crippen LogP contribution < -0.4 is 21.9 Å². The molecule has 10 heteroatoms. The number of nitrogens with one attached hydrogen (secondary N) is 4. The maximum Gasteiger partial charge on any atom is 0.264 e. The molecule has 1 aromatic carbocycles. The quantitative estimate of drug-likeness (QED) is 0.464. The SMILES string of the molecule is CC1(/C(C=N)=C2\Nc3cc(F)cc(C(N)=O)c3N2)CCN(Cc2ccc(=O)[nH]n2)CC1. The second kappa shape index (κ2) is 7.95. The van der Waals surface area contributed by atoms with E-state index >= 15 is 0 Å². The van der Waals surface area contributed by atoms with Gasteiger partial charge in [0.05, 0.1) is 22.6 Å². The second-order valence-electron chi connectivity index (χ2n) is 8.17. The average Bonchev–Trinajstić information content (AvgIpc) is 3.14. The molecule has 1 fully saturated rings. The Labute approximate surface area is 178 Å². The first-order valence-corrected chi connectivity index (χ1v) is 9.99. The lowest BCUT2D eigenvalue weighted by atomic mass is 9.74. The number of likely N-dealkylation sites (tertiary alicyclic amines) is 1. The molecule has 1 amide bonds. The van der Waals surface area contributed by atoms with Crippen LogP contribution >= 0.6 is 0 Å². The van der Waals surface area contributed by atoms with E-state index in [2.05, 4.69) is 32.7 Å². The molecule has 1 saturated heterocycles. The highest BCUT2D eigenvalue weighted by Crippen LogP contribution is 2.43. The highest BCUT2D eigenvalue weighted by Gasteiger charge is 2.36. The number of hydrogen-bond donors (Lipinski definition) is 5. The molecule has 4 rings (SSSR count). The van der Waals surface area contributed by atoms with Crippen LogP contribution in [0.15, 0.2) is 40.5 Å². The van der Waals surface area contributed by atoms with E-state index in [1.807, 2.05) is 0 Å². The highest BCUT2D eigenvalue weighted by molar-refractivity contribution is 6.04. The average molecular weight is 425 g/mol. The number of aromatic amines is 1. The number of rotatable bonds is 5. The number of carbonyl (C=O) groups excluding carboxylic acids is 1. The number of hydrogen-bond acceptors (Lipinski definition) is 7. The summed E-state index contributed by atoms with van der Waals surface area (Å²) in [5.41, 5.74) is 7.34. The van der Waals surface area contributed by atoms with E-state index in [0.29, 0.717) is 23.7 Å². The lowest BCUT2D eigenvalue weighted by molar-refractivity contribution is 0.100. The van der Waals surface area contributed by atoms with Crippen LogP contribution in [0, 0.1) is 16.6 Å². The van der Waals surface area contributed by atoms with Gasteiger partial charge in [0.1, 0.15) is 11.6 Å². The lowest BCUT2D eigenvalue weighted by Crippen LogP contribution is -2.40. The number of H-pyrrole nitrogens is 1. The summed E-state index contributed by atoms with van der Waals surface area (Å²) in [5, 5.41) is 20.8. The fraction of sp³-hybridized carbons (Fsp3) is 0.333. The van der Waals surface area contributed by atoms with Gasteiger partial charge in [-0.25, -0.2) is 9.49 Å². The van der Waals surface area contributed by atoms with E-state index in [4.69, 9.17) is 11.1 Å². The maximum absolute atomic E-state index is 13.9. The molecule has 0 radical (unpaired) electrons. The number of piperidine rings is 1. The van der Waals surface area contributed by atoms with Crippen molar-refractivity contribution in [1.82, 2.24) is 15.1 Å². The molecule has 6 N–H and O–H groups in total. The Morgan fingerprint density at radius 2 is 2.06 bits per heavy atom. The van der Waals surface area contributed by atoms with Gasteiger partial charge < -0.3 is 21.8 Å². The van der Waals surface area contributed by atoms with Crippen molar-refractivity contribution in [2.24, 2.45) is 11.1 Å². The lowest BCUT2D eigenvalue weighted by Gasteiger charge is -2.40.